The first kappa shape index (κ1) is 30.3. The standard InChI is InChI=1S/C23H34N4O9/c1-4-11(2)18(23(35)36)26-22(34)19(12(3)28)27-21(33)16(10-17(30)31)25-20(32)15(24)9-13-5-7-14(29)8-6-13/h5-8,11-12,15-16,18-19,28-29H,4,9-10,24H2,1-3H3,(H,25,32)(H,26,34)(H,27,33)(H,30,31)(H,35,36). The van der Waals surface area contributed by atoms with Crippen LogP contribution in [0.4, 0.5) is 0 Å². The van der Waals surface area contributed by atoms with Gasteiger partial charge in [0, 0.05) is 0 Å². The number of aliphatic carboxylic acids is 2. The number of carbonyl (C=O) groups excluding carboxylic acids is 3. The molecule has 1 aromatic carbocycles. The van der Waals surface area contributed by atoms with Crippen LogP contribution >= 0.6 is 0 Å². The zero-order valence-electron chi connectivity index (χ0n) is 20.3. The summed E-state index contributed by atoms with van der Waals surface area (Å²) >= 11 is 0. The molecule has 0 heterocycles. The van der Waals surface area contributed by atoms with Gasteiger partial charge in [-0.3, -0.25) is 19.2 Å². The number of nitrogens with one attached hydrogen (secondary N) is 3. The van der Waals surface area contributed by atoms with Gasteiger partial charge in [-0.15, -0.1) is 0 Å². The highest BCUT2D eigenvalue weighted by Gasteiger charge is 2.34. The summed E-state index contributed by atoms with van der Waals surface area (Å²) in [5.74, 6) is -6.08. The Hall–Kier alpha value is -3.71. The smallest absolute Gasteiger partial charge is 0.326 e. The van der Waals surface area contributed by atoms with Crippen molar-refractivity contribution in [2.45, 2.75) is 70.3 Å². The number of phenols is 1. The van der Waals surface area contributed by atoms with E-state index in [0.29, 0.717) is 12.0 Å². The number of carboxylic acids is 2. The van der Waals surface area contributed by atoms with E-state index >= 15 is 0 Å². The van der Waals surface area contributed by atoms with Crippen molar-refractivity contribution < 1.29 is 44.4 Å². The second kappa shape index (κ2) is 14.0. The Morgan fingerprint density at radius 3 is 1.92 bits per heavy atom. The second-order valence-electron chi connectivity index (χ2n) is 8.57. The van der Waals surface area contributed by atoms with Gasteiger partial charge in [-0.25, -0.2) is 4.79 Å². The molecule has 0 bridgehead atoms. The van der Waals surface area contributed by atoms with Crippen molar-refractivity contribution in [1.29, 1.82) is 0 Å². The van der Waals surface area contributed by atoms with Gasteiger partial charge in [0.1, 0.15) is 23.9 Å². The summed E-state index contributed by atoms with van der Waals surface area (Å²) in [5.41, 5.74) is 6.48. The quantitative estimate of drug-likeness (QED) is 0.147. The Labute approximate surface area is 208 Å². The first-order chi connectivity index (χ1) is 16.8. The van der Waals surface area contributed by atoms with E-state index in [1.54, 1.807) is 26.0 Å². The third-order valence-electron chi connectivity index (χ3n) is 5.58. The zero-order chi connectivity index (χ0) is 27.6. The molecule has 13 nitrogen and oxygen atoms in total. The van der Waals surface area contributed by atoms with Crippen LogP contribution in [0.2, 0.25) is 0 Å². The SMILES string of the molecule is CCC(C)C(NC(=O)C(NC(=O)C(CC(=O)O)NC(=O)C(N)Cc1ccc(O)cc1)C(C)O)C(=O)O. The molecule has 0 aliphatic rings. The highest BCUT2D eigenvalue weighted by atomic mass is 16.4. The number of aromatic hydroxyl groups is 1. The molecule has 6 unspecified atom stereocenters. The number of carboxylic acid groups (broad SMARTS) is 2. The van der Waals surface area contributed by atoms with Gasteiger partial charge in [0.05, 0.1) is 18.6 Å². The molecule has 9 N–H and O–H groups in total. The summed E-state index contributed by atoms with van der Waals surface area (Å²) < 4.78 is 0. The van der Waals surface area contributed by atoms with Crippen LogP contribution in [0, 0.1) is 5.92 Å². The van der Waals surface area contributed by atoms with Crippen LogP contribution in [-0.2, 0) is 30.4 Å². The van der Waals surface area contributed by atoms with E-state index in [2.05, 4.69) is 16.0 Å². The lowest BCUT2D eigenvalue weighted by Gasteiger charge is -2.27. The number of hydrogen-bond donors (Lipinski definition) is 8. The Bertz CT molecular complexity index is 936. The topological polar surface area (TPSA) is 228 Å². The monoisotopic (exact) mass is 510 g/mol. The summed E-state index contributed by atoms with van der Waals surface area (Å²) in [7, 11) is 0. The van der Waals surface area contributed by atoms with Gasteiger partial charge < -0.3 is 42.1 Å². The number of carbonyl (C=O) groups is 5. The van der Waals surface area contributed by atoms with Crippen molar-refractivity contribution in [3.63, 3.8) is 0 Å². The van der Waals surface area contributed by atoms with Crippen LogP contribution in [0.25, 0.3) is 0 Å². The maximum Gasteiger partial charge on any atom is 0.326 e. The molecule has 0 saturated carbocycles. The van der Waals surface area contributed by atoms with Gasteiger partial charge in [-0.2, -0.15) is 0 Å². The Morgan fingerprint density at radius 2 is 1.44 bits per heavy atom. The fourth-order valence-electron chi connectivity index (χ4n) is 3.23. The molecule has 0 fully saturated rings. The lowest BCUT2D eigenvalue weighted by Crippen LogP contribution is -2.60. The Balaban J connectivity index is 2.96. The van der Waals surface area contributed by atoms with Crippen molar-refractivity contribution in [2.24, 2.45) is 11.7 Å². The third-order valence-corrected chi connectivity index (χ3v) is 5.58. The fourth-order valence-corrected chi connectivity index (χ4v) is 3.23. The first-order valence-corrected chi connectivity index (χ1v) is 11.3. The minimum Gasteiger partial charge on any atom is -0.508 e. The van der Waals surface area contributed by atoms with Crippen molar-refractivity contribution >= 4 is 29.7 Å². The average molecular weight is 511 g/mol. The van der Waals surface area contributed by atoms with Crippen LogP contribution in [-0.4, -0.2) is 80.4 Å². The van der Waals surface area contributed by atoms with E-state index in [1.165, 1.54) is 19.1 Å². The number of benzene rings is 1. The van der Waals surface area contributed by atoms with Crippen molar-refractivity contribution in [3.05, 3.63) is 29.8 Å². The molecule has 200 valence electrons. The van der Waals surface area contributed by atoms with E-state index in [4.69, 9.17) is 5.73 Å². The van der Waals surface area contributed by atoms with E-state index in [1.807, 2.05) is 0 Å². The number of amides is 3. The molecule has 13 heteroatoms. The Kier molecular flexibility index (Phi) is 11.8. The molecular formula is C23H34N4O9. The third kappa shape index (κ3) is 9.50. The second-order valence-corrected chi connectivity index (χ2v) is 8.57. The van der Waals surface area contributed by atoms with Gasteiger partial charge in [0.15, 0.2) is 0 Å². The average Bonchev–Trinajstić information content (AvgIpc) is 2.80. The predicted molar refractivity (Wildman–Crippen MR) is 127 cm³/mol. The molecule has 0 saturated heterocycles. The molecule has 36 heavy (non-hydrogen) atoms. The fraction of sp³-hybridized carbons (Fsp3) is 0.522. The first-order valence-electron chi connectivity index (χ1n) is 11.3. The molecule has 0 aliphatic heterocycles. The van der Waals surface area contributed by atoms with Crippen LogP contribution in [0.1, 0.15) is 39.2 Å². The van der Waals surface area contributed by atoms with Gasteiger partial charge in [-0.1, -0.05) is 32.4 Å². The molecule has 3 amide bonds. The van der Waals surface area contributed by atoms with E-state index in [-0.39, 0.29) is 12.2 Å². The summed E-state index contributed by atoms with van der Waals surface area (Å²) in [6.45, 7) is 4.52. The molecule has 0 radical (unpaired) electrons. The lowest BCUT2D eigenvalue weighted by molar-refractivity contribution is -0.145. The van der Waals surface area contributed by atoms with E-state index in [0.717, 1.165) is 0 Å². The van der Waals surface area contributed by atoms with Gasteiger partial charge in [0.2, 0.25) is 17.7 Å². The molecule has 1 aromatic rings. The Morgan fingerprint density at radius 1 is 0.889 bits per heavy atom. The van der Waals surface area contributed by atoms with Gasteiger partial charge in [0.25, 0.3) is 0 Å². The highest BCUT2D eigenvalue weighted by Crippen LogP contribution is 2.11. The maximum absolute atomic E-state index is 12.8. The number of phenolic OH excluding ortho intramolecular Hbond substituents is 1. The normalized spacial score (nSPS) is 15.9. The minimum absolute atomic E-state index is 0.0190. The van der Waals surface area contributed by atoms with Gasteiger partial charge >= 0.3 is 11.9 Å². The van der Waals surface area contributed by atoms with Crippen LogP contribution in [0.5, 0.6) is 5.75 Å². The van der Waals surface area contributed by atoms with Crippen LogP contribution in [0.3, 0.4) is 0 Å². The summed E-state index contributed by atoms with van der Waals surface area (Å²) in [6, 6.07) is 0.172. The number of rotatable bonds is 14. The summed E-state index contributed by atoms with van der Waals surface area (Å²) in [4.78, 5) is 60.8. The molecule has 0 aromatic heterocycles. The molecule has 1 rings (SSSR count). The maximum atomic E-state index is 12.8. The molecular weight excluding hydrogens is 476 g/mol. The summed E-state index contributed by atoms with van der Waals surface area (Å²) in [5, 5.41) is 44.6. The largest absolute Gasteiger partial charge is 0.508 e. The van der Waals surface area contributed by atoms with Crippen LogP contribution in [0.15, 0.2) is 24.3 Å². The highest BCUT2D eigenvalue weighted by molar-refractivity contribution is 5.95. The minimum atomic E-state index is -1.64. The molecule has 0 aliphatic carbocycles. The number of hydrogen-bond acceptors (Lipinski definition) is 8. The van der Waals surface area contributed by atoms with Gasteiger partial charge in [-0.05, 0) is 37.0 Å². The van der Waals surface area contributed by atoms with Crippen molar-refractivity contribution in [2.75, 3.05) is 0 Å². The van der Waals surface area contributed by atoms with E-state index in [9.17, 15) is 44.4 Å². The number of aliphatic hydroxyl groups is 1. The number of aliphatic hydroxyl groups excluding tert-OH is 1. The number of nitrogens with two attached hydrogens (primary N) is 1. The van der Waals surface area contributed by atoms with Crippen LogP contribution < -0.4 is 21.7 Å². The molecule has 0 spiro atoms. The van der Waals surface area contributed by atoms with E-state index < -0.39 is 72.3 Å². The summed E-state index contributed by atoms with van der Waals surface area (Å²) in [6.07, 6.45) is -1.86. The van der Waals surface area contributed by atoms with Crippen molar-refractivity contribution in [1.82, 2.24) is 16.0 Å². The molecule has 6 atom stereocenters. The predicted octanol–water partition coefficient (Wildman–Crippen LogP) is -1.30. The zero-order valence-corrected chi connectivity index (χ0v) is 20.3. The van der Waals surface area contributed by atoms with Crippen molar-refractivity contribution in [3.8, 4) is 5.75 Å². The lowest BCUT2D eigenvalue weighted by atomic mass is 9.98.